The van der Waals surface area contributed by atoms with E-state index in [4.69, 9.17) is 9.57 Å². The van der Waals surface area contributed by atoms with Crippen LogP contribution in [0, 0.1) is 6.92 Å². The number of aryl methyl sites for hydroxylation is 1. The summed E-state index contributed by atoms with van der Waals surface area (Å²) in [5, 5.41) is 5.25. The average molecular weight is 750 g/mol. The van der Waals surface area contributed by atoms with Crippen LogP contribution in [-0.2, 0) is 29.2 Å². The van der Waals surface area contributed by atoms with Crippen molar-refractivity contribution in [1.29, 1.82) is 0 Å². The highest BCUT2D eigenvalue weighted by Gasteiger charge is 2.47. The van der Waals surface area contributed by atoms with E-state index in [9.17, 15) is 36.0 Å². The Morgan fingerprint density at radius 3 is 2.31 bits per heavy atom. The van der Waals surface area contributed by atoms with Gasteiger partial charge in [-0.2, -0.15) is 4.31 Å². The van der Waals surface area contributed by atoms with Gasteiger partial charge in [0.1, 0.15) is 22.7 Å². The summed E-state index contributed by atoms with van der Waals surface area (Å²) in [6.45, 7) is 9.37. The van der Waals surface area contributed by atoms with Crippen molar-refractivity contribution in [3.8, 4) is 5.75 Å². The van der Waals surface area contributed by atoms with E-state index in [0.29, 0.717) is 37.2 Å². The first-order valence-corrected chi connectivity index (χ1v) is 18.3. The molecule has 52 heavy (non-hydrogen) atoms. The topological polar surface area (TPSA) is 147 Å². The molecule has 0 radical (unpaired) electrons. The number of anilines is 1. The van der Waals surface area contributed by atoms with Crippen molar-refractivity contribution in [3.05, 3.63) is 64.6 Å². The molecule has 0 aromatic heterocycles. The van der Waals surface area contributed by atoms with Gasteiger partial charge in [-0.15, -0.1) is 18.2 Å². The first-order valence-electron chi connectivity index (χ1n) is 16.8. The van der Waals surface area contributed by atoms with Crippen molar-refractivity contribution in [2.75, 3.05) is 31.1 Å². The molecule has 3 aliphatic rings. The number of hydroxylamine groups is 2. The summed E-state index contributed by atoms with van der Waals surface area (Å²) >= 11 is 0. The van der Waals surface area contributed by atoms with Crippen LogP contribution in [0.2, 0.25) is 0 Å². The van der Waals surface area contributed by atoms with E-state index in [1.807, 2.05) is 13.0 Å². The lowest BCUT2D eigenvalue weighted by atomic mass is 9.89. The minimum Gasteiger partial charge on any atom is -0.427 e. The van der Waals surface area contributed by atoms with E-state index >= 15 is 0 Å². The second-order valence-electron chi connectivity index (χ2n) is 13.9. The molecule has 13 nitrogen and oxygen atoms in total. The maximum Gasteiger partial charge on any atom is 0.573 e. The van der Waals surface area contributed by atoms with Gasteiger partial charge in [0.25, 0.3) is 5.91 Å². The van der Waals surface area contributed by atoms with Gasteiger partial charge < -0.3 is 24.5 Å². The Morgan fingerprint density at radius 1 is 1.04 bits per heavy atom. The lowest BCUT2D eigenvalue weighted by Gasteiger charge is -2.37. The minimum absolute atomic E-state index is 0.00121. The third-order valence-electron chi connectivity index (χ3n) is 8.90. The molecule has 2 amide bonds. The van der Waals surface area contributed by atoms with Gasteiger partial charge in [0.2, 0.25) is 15.9 Å². The number of carbonyl (C=O) groups excluding carboxylic acids is 3. The zero-order valence-corrected chi connectivity index (χ0v) is 30.3. The number of carbonyl (C=O) groups is 3. The number of nitrogens with zero attached hydrogens (tertiary/aromatic N) is 4. The molecular formula is C35H42F3N5O8S. The van der Waals surface area contributed by atoms with Crippen LogP contribution in [0.25, 0.3) is 6.08 Å². The van der Waals surface area contributed by atoms with E-state index < -0.39 is 45.3 Å². The summed E-state index contributed by atoms with van der Waals surface area (Å²) < 4.78 is 75.2. The lowest BCUT2D eigenvalue weighted by Crippen LogP contribution is -2.50. The van der Waals surface area contributed by atoms with Crippen LogP contribution in [0.1, 0.15) is 70.1 Å². The predicted octanol–water partition coefficient (Wildman–Crippen LogP) is 5.29. The molecule has 282 valence electrons. The first kappa shape index (κ1) is 38.7. The van der Waals surface area contributed by atoms with Crippen LogP contribution in [0.15, 0.2) is 52.9 Å². The van der Waals surface area contributed by atoms with Crippen molar-refractivity contribution in [2.45, 2.75) is 83.8 Å². The van der Waals surface area contributed by atoms with Crippen LogP contribution in [0.5, 0.6) is 5.75 Å². The van der Waals surface area contributed by atoms with E-state index in [-0.39, 0.29) is 49.3 Å². The number of hydrogen-bond acceptors (Lipinski definition) is 10. The van der Waals surface area contributed by atoms with Gasteiger partial charge >= 0.3 is 12.5 Å². The van der Waals surface area contributed by atoms with Gasteiger partial charge in [-0.1, -0.05) is 18.2 Å². The van der Waals surface area contributed by atoms with Crippen LogP contribution in [0.4, 0.5) is 23.7 Å². The predicted molar refractivity (Wildman–Crippen MR) is 186 cm³/mol. The number of halogens is 3. The lowest BCUT2D eigenvalue weighted by molar-refractivity contribution is -0.274. The zero-order chi connectivity index (χ0) is 38.1. The average Bonchev–Trinajstić information content (AvgIpc) is 3.35. The molecule has 3 aliphatic heterocycles. The number of piperidine rings is 2. The standard InChI is InChI=1S/C35H42F3N5O8S/c1-23-21-28(43(24(2)44)27-11-16-41(17-12-27)51-32(46)50-33(3,4)5)10-9-25(23)13-20-52(47,48)42-18-14-34(15-19-42)31(45)39-30(40-34)26-7-6-8-29(22-26)49-35(36,37)38/h6-10,13,20-22,27H,11-12,14-19H2,1-5H3,(H,39,40,45)/b20-13+. The van der Waals surface area contributed by atoms with Crippen LogP contribution in [-0.4, -0.2) is 91.3 Å². The number of benzene rings is 2. The molecule has 0 bridgehead atoms. The Labute approximate surface area is 300 Å². The summed E-state index contributed by atoms with van der Waals surface area (Å²) in [5.74, 6) is -0.974. The summed E-state index contributed by atoms with van der Waals surface area (Å²) in [5.41, 5.74) is 0.333. The largest absolute Gasteiger partial charge is 0.573 e. The van der Waals surface area contributed by atoms with Crippen molar-refractivity contribution < 1.29 is 50.3 Å². The van der Waals surface area contributed by atoms with Crippen LogP contribution >= 0.6 is 0 Å². The minimum atomic E-state index is -4.88. The second kappa shape index (κ2) is 14.9. The molecule has 0 atom stereocenters. The highest BCUT2D eigenvalue weighted by Crippen LogP contribution is 2.34. The molecular weight excluding hydrogens is 707 g/mol. The van der Waals surface area contributed by atoms with Gasteiger partial charge in [-0.25, -0.2) is 13.2 Å². The van der Waals surface area contributed by atoms with Gasteiger partial charge in [0.15, 0.2) is 0 Å². The summed E-state index contributed by atoms with van der Waals surface area (Å²) in [7, 11) is -3.90. The maximum absolute atomic E-state index is 13.3. The maximum atomic E-state index is 13.3. The summed E-state index contributed by atoms with van der Waals surface area (Å²) in [6.07, 6.45) is -2.92. The molecule has 0 aliphatic carbocycles. The van der Waals surface area contributed by atoms with Crippen molar-refractivity contribution >= 4 is 45.6 Å². The molecule has 0 saturated carbocycles. The van der Waals surface area contributed by atoms with Gasteiger partial charge in [-0.05, 0) is 94.8 Å². The van der Waals surface area contributed by atoms with Crippen LogP contribution in [0.3, 0.4) is 0 Å². The molecule has 1 N–H and O–H groups in total. The molecule has 17 heteroatoms. The third kappa shape index (κ3) is 9.49. The van der Waals surface area contributed by atoms with E-state index in [0.717, 1.165) is 23.1 Å². The number of sulfonamides is 1. The molecule has 2 fully saturated rings. The van der Waals surface area contributed by atoms with Crippen molar-refractivity contribution in [1.82, 2.24) is 14.7 Å². The van der Waals surface area contributed by atoms with Gasteiger partial charge in [0.05, 0.1) is 0 Å². The number of ether oxygens (including phenoxy) is 2. The fraction of sp³-hybridized carbons (Fsp3) is 0.486. The second-order valence-corrected chi connectivity index (χ2v) is 15.7. The molecule has 2 aromatic carbocycles. The van der Waals surface area contributed by atoms with Gasteiger partial charge in [0, 0.05) is 55.8 Å². The number of nitrogens with one attached hydrogen (secondary N) is 1. The van der Waals surface area contributed by atoms with E-state index in [2.05, 4.69) is 15.0 Å². The Hall–Kier alpha value is -4.48. The number of hydrogen-bond donors (Lipinski definition) is 1. The summed E-state index contributed by atoms with van der Waals surface area (Å²) in [4.78, 5) is 49.4. The fourth-order valence-corrected chi connectivity index (χ4v) is 7.58. The SMILES string of the molecule is CC(=O)N(c1ccc(/C=C/S(=O)(=O)N2CCC3(CC2)N=C(c2cccc(OC(F)(F)F)c2)NC3=O)c(C)c1)C1CCN(OC(=O)OC(C)(C)C)CC1. The summed E-state index contributed by atoms with van der Waals surface area (Å²) in [6, 6.07) is 10.3. The number of amidine groups is 1. The fourth-order valence-electron chi connectivity index (χ4n) is 6.40. The third-order valence-corrected chi connectivity index (χ3v) is 10.5. The molecule has 2 saturated heterocycles. The van der Waals surface area contributed by atoms with Crippen LogP contribution < -0.4 is 15.0 Å². The smallest absolute Gasteiger partial charge is 0.427 e. The first-order chi connectivity index (χ1) is 24.2. The monoisotopic (exact) mass is 749 g/mol. The van der Waals surface area contributed by atoms with E-state index in [1.54, 1.807) is 37.8 Å². The normalized spacial score (nSPS) is 19.0. The Bertz CT molecular complexity index is 1860. The molecule has 3 heterocycles. The number of aliphatic imine (C=N–C) groups is 1. The highest BCUT2D eigenvalue weighted by molar-refractivity contribution is 7.92. The Morgan fingerprint density at radius 2 is 1.71 bits per heavy atom. The molecule has 5 rings (SSSR count). The Balaban J connectivity index is 1.20. The van der Waals surface area contributed by atoms with Crippen molar-refractivity contribution in [2.24, 2.45) is 4.99 Å². The number of rotatable bonds is 8. The zero-order valence-electron chi connectivity index (χ0n) is 29.5. The number of amides is 2. The number of alkyl halides is 3. The molecule has 0 unspecified atom stereocenters. The van der Waals surface area contributed by atoms with E-state index in [1.165, 1.54) is 34.5 Å². The molecule has 2 aromatic rings. The molecule has 1 spiro atoms. The van der Waals surface area contributed by atoms with Gasteiger partial charge in [-0.3, -0.25) is 14.6 Å². The highest BCUT2D eigenvalue weighted by atomic mass is 32.2. The quantitative estimate of drug-likeness (QED) is 0.356. The van der Waals surface area contributed by atoms with Crippen molar-refractivity contribution in [3.63, 3.8) is 0 Å². The Kier molecular flexibility index (Phi) is 11.1.